The van der Waals surface area contributed by atoms with E-state index >= 15 is 0 Å². The summed E-state index contributed by atoms with van der Waals surface area (Å²) < 4.78 is 10.8. The highest BCUT2D eigenvalue weighted by molar-refractivity contribution is 6.16. The summed E-state index contributed by atoms with van der Waals surface area (Å²) >= 11 is 0. The normalized spacial score (nSPS) is 20.2. The Kier molecular flexibility index (Phi) is 9.70. The van der Waals surface area contributed by atoms with Crippen LogP contribution >= 0.6 is 0 Å². The number of ether oxygens (including phenoxy) is 2. The lowest BCUT2D eigenvalue weighted by Crippen LogP contribution is -2.40. The zero-order valence-corrected chi connectivity index (χ0v) is 26.5. The minimum Gasteiger partial charge on any atom is -0.507 e. The summed E-state index contributed by atoms with van der Waals surface area (Å²) in [4.78, 5) is 39.8. The fourth-order valence-electron chi connectivity index (χ4n) is 7.07. The van der Waals surface area contributed by atoms with E-state index in [1.807, 2.05) is 84.9 Å². The largest absolute Gasteiger partial charge is 0.507 e. The number of likely N-dealkylation sites (tertiary alicyclic amines) is 1. The zero-order valence-electron chi connectivity index (χ0n) is 26.5. The molecule has 0 radical (unpaired) electrons. The van der Waals surface area contributed by atoms with Crippen LogP contribution in [-0.4, -0.2) is 64.6 Å². The number of para-hydroxylation sites is 1. The molecule has 1 aliphatic heterocycles. The number of imide groups is 3. The molecule has 1 saturated heterocycles. The van der Waals surface area contributed by atoms with Crippen LogP contribution in [0.4, 0.5) is 4.79 Å². The summed E-state index contributed by atoms with van der Waals surface area (Å²) in [5.41, 5.74) is 3.85. The minimum atomic E-state index is -1.10. The molecule has 4 atom stereocenters. The molecule has 1 heterocycles. The van der Waals surface area contributed by atoms with Gasteiger partial charge in [-0.15, -0.1) is 0 Å². The van der Waals surface area contributed by atoms with Crippen molar-refractivity contribution in [2.75, 3.05) is 20.3 Å². The first-order chi connectivity index (χ1) is 23.3. The third kappa shape index (κ3) is 6.34. The van der Waals surface area contributed by atoms with Gasteiger partial charge in [-0.2, -0.15) is 4.90 Å². The van der Waals surface area contributed by atoms with E-state index < -0.39 is 48.4 Å². The number of hydrogen-bond donors (Lipinski definition) is 3. The molecular weight excluding hydrogens is 610 g/mol. The van der Waals surface area contributed by atoms with Gasteiger partial charge >= 0.3 is 6.09 Å². The van der Waals surface area contributed by atoms with Crippen LogP contribution in [0.5, 0.6) is 11.5 Å². The van der Waals surface area contributed by atoms with Crippen molar-refractivity contribution in [3.63, 3.8) is 0 Å². The van der Waals surface area contributed by atoms with Gasteiger partial charge < -0.3 is 24.8 Å². The Morgan fingerprint density at radius 3 is 2.27 bits per heavy atom. The van der Waals surface area contributed by atoms with Crippen molar-refractivity contribution in [3.8, 4) is 11.5 Å². The number of benzene rings is 4. The van der Waals surface area contributed by atoms with Gasteiger partial charge in [0.05, 0.1) is 31.7 Å². The molecule has 4 aromatic rings. The van der Waals surface area contributed by atoms with E-state index in [2.05, 4.69) is 0 Å². The molecule has 1 aliphatic carbocycles. The molecule has 0 unspecified atom stereocenters. The number of amides is 3. The molecule has 4 aromatic carbocycles. The molecule has 0 aromatic heterocycles. The lowest BCUT2D eigenvalue weighted by atomic mass is 9.68. The third-order valence-corrected chi connectivity index (χ3v) is 9.35. The Bertz CT molecular complexity index is 1880. The van der Waals surface area contributed by atoms with E-state index in [0.717, 1.165) is 34.6 Å². The van der Waals surface area contributed by atoms with Crippen LogP contribution in [-0.2, 0) is 14.3 Å². The number of hydrogen-bond acceptors (Lipinski definition) is 8. The molecule has 1 fully saturated rings. The summed E-state index contributed by atoms with van der Waals surface area (Å²) in [7, 11) is 1.10. The monoisotopic (exact) mass is 647 g/mol. The SMILES string of the molecule is COC(=O)N1C(=O)[C@@H]2[C@@H](CC(COc3ccccc3)=C([C@H](O)CC/C(=C/c3ccc(O)c4ccccc34)c3ccccc3)[C@@H]2CO)C1=O. The van der Waals surface area contributed by atoms with Crippen LogP contribution < -0.4 is 4.74 Å². The second-order valence-corrected chi connectivity index (χ2v) is 12.1. The van der Waals surface area contributed by atoms with E-state index in [9.17, 15) is 29.7 Å². The van der Waals surface area contributed by atoms with Gasteiger partial charge in [-0.1, -0.05) is 84.9 Å². The van der Waals surface area contributed by atoms with Crippen molar-refractivity contribution in [3.05, 3.63) is 119 Å². The first kappa shape index (κ1) is 32.7. The van der Waals surface area contributed by atoms with E-state index in [1.54, 1.807) is 18.2 Å². The number of fused-ring (bicyclic) bond motifs is 2. The van der Waals surface area contributed by atoms with Crippen LogP contribution in [0.2, 0.25) is 0 Å². The molecule has 0 saturated carbocycles. The van der Waals surface area contributed by atoms with Crippen molar-refractivity contribution >= 4 is 40.3 Å². The fourth-order valence-corrected chi connectivity index (χ4v) is 7.07. The average molecular weight is 648 g/mol. The van der Waals surface area contributed by atoms with E-state index in [-0.39, 0.29) is 25.2 Å². The number of methoxy groups -OCH3 is 1. The number of allylic oxidation sites excluding steroid dienone is 1. The average Bonchev–Trinajstić information content (AvgIpc) is 3.38. The van der Waals surface area contributed by atoms with Crippen molar-refractivity contribution < 1.29 is 39.2 Å². The number of carbonyl (C=O) groups excluding carboxylic acids is 3. The Morgan fingerprint density at radius 1 is 0.917 bits per heavy atom. The first-order valence-corrected chi connectivity index (χ1v) is 15.9. The van der Waals surface area contributed by atoms with Gasteiger partial charge in [-0.25, -0.2) is 4.79 Å². The predicted octanol–water partition coefficient (Wildman–Crippen LogP) is 5.98. The Labute approximate surface area is 278 Å². The fraction of sp³-hybridized carbons (Fsp3) is 0.256. The molecule has 9 heteroatoms. The highest BCUT2D eigenvalue weighted by Crippen LogP contribution is 2.47. The first-order valence-electron chi connectivity index (χ1n) is 15.9. The number of phenols is 1. The van der Waals surface area contributed by atoms with E-state index in [0.29, 0.717) is 28.2 Å². The van der Waals surface area contributed by atoms with Gasteiger partial charge in [-0.3, -0.25) is 9.59 Å². The van der Waals surface area contributed by atoms with Gasteiger partial charge in [0.15, 0.2) is 0 Å². The Balaban J connectivity index is 1.36. The lowest BCUT2D eigenvalue weighted by molar-refractivity contribution is -0.137. The van der Waals surface area contributed by atoms with Crippen molar-refractivity contribution in [2.24, 2.45) is 17.8 Å². The minimum absolute atomic E-state index is 0.0245. The second kappa shape index (κ2) is 14.3. The smallest absolute Gasteiger partial charge is 0.423 e. The Hall–Kier alpha value is -5.25. The molecule has 246 valence electrons. The molecule has 2 aliphatic rings. The highest BCUT2D eigenvalue weighted by atomic mass is 16.5. The molecule has 0 bridgehead atoms. The molecule has 3 N–H and O–H groups in total. The molecule has 9 nitrogen and oxygen atoms in total. The maximum Gasteiger partial charge on any atom is 0.423 e. The van der Waals surface area contributed by atoms with Gasteiger partial charge in [0.1, 0.15) is 18.1 Å². The number of aliphatic hydroxyl groups excluding tert-OH is 2. The summed E-state index contributed by atoms with van der Waals surface area (Å²) in [5, 5.41) is 34.7. The predicted molar refractivity (Wildman–Crippen MR) is 181 cm³/mol. The molecule has 0 spiro atoms. The van der Waals surface area contributed by atoms with Gasteiger partial charge in [0.2, 0.25) is 11.8 Å². The third-order valence-electron chi connectivity index (χ3n) is 9.35. The number of aliphatic hydroxyl groups is 2. The van der Waals surface area contributed by atoms with Crippen molar-refractivity contribution in [2.45, 2.75) is 25.4 Å². The quantitative estimate of drug-likeness (QED) is 0.109. The summed E-state index contributed by atoms with van der Waals surface area (Å²) in [6, 6.07) is 30.0. The maximum absolute atomic E-state index is 13.5. The van der Waals surface area contributed by atoms with Crippen LogP contribution in [0.25, 0.3) is 22.4 Å². The van der Waals surface area contributed by atoms with Gasteiger partial charge in [-0.05, 0) is 70.7 Å². The number of aromatic hydroxyl groups is 1. The van der Waals surface area contributed by atoms with Gasteiger partial charge in [0, 0.05) is 11.3 Å². The second-order valence-electron chi connectivity index (χ2n) is 12.1. The van der Waals surface area contributed by atoms with E-state index in [1.165, 1.54) is 0 Å². The number of phenolic OH excluding ortho intramolecular Hbond substituents is 1. The van der Waals surface area contributed by atoms with E-state index in [4.69, 9.17) is 9.47 Å². The summed E-state index contributed by atoms with van der Waals surface area (Å²) in [6.45, 7) is -0.492. The van der Waals surface area contributed by atoms with Crippen LogP contribution in [0.3, 0.4) is 0 Å². The van der Waals surface area contributed by atoms with Crippen molar-refractivity contribution in [1.82, 2.24) is 4.90 Å². The molecule has 6 rings (SSSR count). The lowest BCUT2D eigenvalue weighted by Gasteiger charge is -2.36. The topological polar surface area (TPSA) is 134 Å². The zero-order chi connectivity index (χ0) is 33.8. The van der Waals surface area contributed by atoms with Crippen LogP contribution in [0.15, 0.2) is 108 Å². The van der Waals surface area contributed by atoms with Crippen LogP contribution in [0, 0.1) is 17.8 Å². The van der Waals surface area contributed by atoms with Crippen LogP contribution in [0.1, 0.15) is 30.4 Å². The molecular formula is C39H37NO8. The summed E-state index contributed by atoms with van der Waals surface area (Å²) in [6.07, 6.45) is 0.614. The number of rotatable bonds is 10. The number of carbonyl (C=O) groups is 3. The summed E-state index contributed by atoms with van der Waals surface area (Å²) in [5.74, 6) is -3.50. The standard InChI is InChI=1S/C39H37NO8/c1-47-39(46)40-37(44)31-21-27(23-48-28-12-6-3-7-13-28)35(32(22-41)36(31)38(40)45)34(43)19-16-25(24-10-4-2-5-11-24)20-26-17-18-33(42)30-15-9-8-14-29(26)30/h2-15,17-18,20,31-32,34,36,41-43H,16,19,21-23H2,1H3/b25-20-/t31-,32+,34-,36-/m1/s1. The highest BCUT2D eigenvalue weighted by Gasteiger charge is 2.57. The number of nitrogens with zero attached hydrogens (tertiary/aromatic N) is 1. The van der Waals surface area contributed by atoms with Gasteiger partial charge in [0.25, 0.3) is 0 Å². The Morgan fingerprint density at radius 2 is 1.58 bits per heavy atom. The molecule has 48 heavy (non-hydrogen) atoms. The molecule has 3 amide bonds. The van der Waals surface area contributed by atoms with Crippen molar-refractivity contribution in [1.29, 1.82) is 0 Å². The maximum atomic E-state index is 13.5.